The van der Waals surface area contributed by atoms with E-state index in [9.17, 15) is 14.9 Å². The zero-order valence-corrected chi connectivity index (χ0v) is 14.0. The van der Waals surface area contributed by atoms with Crippen molar-refractivity contribution in [3.05, 3.63) is 82.7 Å². The van der Waals surface area contributed by atoms with Gasteiger partial charge in [-0.25, -0.2) is 4.98 Å². The molecule has 1 amide bonds. The lowest BCUT2D eigenvalue weighted by Crippen LogP contribution is -2.25. The van der Waals surface area contributed by atoms with Crippen molar-refractivity contribution < 1.29 is 9.72 Å². The first-order valence-electron chi connectivity index (χ1n) is 8.24. The van der Waals surface area contributed by atoms with Crippen molar-refractivity contribution in [1.29, 1.82) is 0 Å². The van der Waals surface area contributed by atoms with Gasteiger partial charge in [-0.05, 0) is 18.6 Å². The molecule has 0 bridgehead atoms. The first-order chi connectivity index (χ1) is 12.6. The van der Waals surface area contributed by atoms with Gasteiger partial charge in [0.2, 0.25) is 0 Å². The van der Waals surface area contributed by atoms with Crippen LogP contribution in [0.2, 0.25) is 0 Å². The van der Waals surface area contributed by atoms with Crippen molar-refractivity contribution in [2.45, 2.75) is 13.0 Å². The van der Waals surface area contributed by atoms with Gasteiger partial charge in [0.15, 0.2) is 0 Å². The van der Waals surface area contributed by atoms with Gasteiger partial charge in [-0.2, -0.15) is 0 Å². The number of amides is 1. The van der Waals surface area contributed by atoms with E-state index in [0.29, 0.717) is 12.1 Å². The van der Waals surface area contributed by atoms with Crippen LogP contribution in [0.3, 0.4) is 0 Å². The lowest BCUT2D eigenvalue weighted by atomic mass is 10.2. The maximum absolute atomic E-state index is 12.1. The number of nitrogens with zero attached hydrogens (tertiary/aromatic N) is 3. The number of nitrogens with one attached hydrogen (secondary N) is 1. The standard InChI is InChI=1S/C19H18N4O3/c24-19(16-7-9-17(10-8-16)23(25)26)21-11-4-13-22-14-12-20-18(22)15-5-2-1-3-6-15/h1-3,5-10,12,14H,4,11,13H2,(H,21,24). The summed E-state index contributed by atoms with van der Waals surface area (Å²) in [4.78, 5) is 26.6. The number of imidazole rings is 1. The van der Waals surface area contributed by atoms with Crippen molar-refractivity contribution in [1.82, 2.24) is 14.9 Å². The normalized spacial score (nSPS) is 10.5. The first-order valence-corrected chi connectivity index (χ1v) is 8.24. The summed E-state index contributed by atoms with van der Waals surface area (Å²) in [6, 6.07) is 15.5. The second-order valence-electron chi connectivity index (χ2n) is 5.72. The number of nitro benzene ring substituents is 1. The molecule has 0 aliphatic rings. The fourth-order valence-electron chi connectivity index (χ4n) is 2.63. The number of benzene rings is 2. The smallest absolute Gasteiger partial charge is 0.269 e. The van der Waals surface area contributed by atoms with Crippen molar-refractivity contribution in [2.75, 3.05) is 6.54 Å². The third-order valence-electron chi connectivity index (χ3n) is 3.95. The average molecular weight is 350 g/mol. The molecule has 0 aliphatic carbocycles. The molecule has 1 N–H and O–H groups in total. The van der Waals surface area contributed by atoms with Gasteiger partial charge in [-0.3, -0.25) is 14.9 Å². The highest BCUT2D eigenvalue weighted by Gasteiger charge is 2.09. The zero-order valence-electron chi connectivity index (χ0n) is 14.0. The molecule has 0 unspecified atom stereocenters. The van der Waals surface area contributed by atoms with Crippen LogP contribution in [0.4, 0.5) is 5.69 Å². The molecule has 0 spiro atoms. The van der Waals surface area contributed by atoms with E-state index in [-0.39, 0.29) is 11.6 Å². The number of non-ortho nitro benzene ring substituents is 1. The third kappa shape index (κ3) is 4.13. The van der Waals surface area contributed by atoms with Crippen LogP contribution in [-0.2, 0) is 6.54 Å². The van der Waals surface area contributed by atoms with Crippen molar-refractivity contribution in [2.24, 2.45) is 0 Å². The van der Waals surface area contributed by atoms with E-state index in [4.69, 9.17) is 0 Å². The lowest BCUT2D eigenvalue weighted by Gasteiger charge is -2.09. The molecule has 3 rings (SSSR count). The number of hydrogen-bond acceptors (Lipinski definition) is 4. The molecule has 1 heterocycles. The molecule has 0 saturated heterocycles. The van der Waals surface area contributed by atoms with Crippen LogP contribution in [0.1, 0.15) is 16.8 Å². The van der Waals surface area contributed by atoms with Gasteiger partial charge < -0.3 is 9.88 Å². The molecule has 0 saturated carbocycles. The molecule has 1 aromatic heterocycles. The average Bonchev–Trinajstić information content (AvgIpc) is 3.14. The van der Waals surface area contributed by atoms with E-state index in [1.165, 1.54) is 24.3 Å². The van der Waals surface area contributed by atoms with Gasteiger partial charge in [0.05, 0.1) is 4.92 Å². The van der Waals surface area contributed by atoms with Gasteiger partial charge in [0.25, 0.3) is 11.6 Å². The van der Waals surface area contributed by atoms with Crippen LogP contribution in [0, 0.1) is 10.1 Å². The molecule has 7 nitrogen and oxygen atoms in total. The Bertz CT molecular complexity index is 889. The van der Waals surface area contributed by atoms with Crippen LogP contribution in [-0.4, -0.2) is 26.9 Å². The van der Waals surface area contributed by atoms with Crippen LogP contribution in [0.15, 0.2) is 67.0 Å². The minimum absolute atomic E-state index is 0.0323. The second-order valence-corrected chi connectivity index (χ2v) is 5.72. The van der Waals surface area contributed by atoms with Crippen LogP contribution < -0.4 is 5.32 Å². The Kier molecular flexibility index (Phi) is 5.38. The Labute approximate surface area is 150 Å². The summed E-state index contributed by atoms with van der Waals surface area (Å²) >= 11 is 0. The highest BCUT2D eigenvalue weighted by Crippen LogP contribution is 2.17. The summed E-state index contributed by atoms with van der Waals surface area (Å²) in [5.74, 6) is 0.654. The van der Waals surface area contributed by atoms with E-state index in [1.807, 2.05) is 41.1 Å². The molecule has 26 heavy (non-hydrogen) atoms. The number of aryl methyl sites for hydroxylation is 1. The fourth-order valence-corrected chi connectivity index (χ4v) is 2.63. The summed E-state index contributed by atoms with van der Waals surface area (Å²) in [6.07, 6.45) is 4.42. The van der Waals surface area contributed by atoms with Crippen LogP contribution in [0.5, 0.6) is 0 Å². The highest BCUT2D eigenvalue weighted by molar-refractivity contribution is 5.94. The monoisotopic (exact) mass is 350 g/mol. The minimum atomic E-state index is -0.489. The molecule has 2 aromatic carbocycles. The third-order valence-corrected chi connectivity index (χ3v) is 3.95. The molecule has 0 aliphatic heterocycles. The SMILES string of the molecule is O=C(NCCCn1ccnc1-c1ccccc1)c1ccc([N+](=O)[O-])cc1. The Morgan fingerprint density at radius 2 is 1.85 bits per heavy atom. The van der Waals surface area contributed by atoms with E-state index >= 15 is 0 Å². The number of aromatic nitrogens is 2. The summed E-state index contributed by atoms with van der Waals surface area (Å²) < 4.78 is 2.05. The molecule has 0 fully saturated rings. The van der Waals surface area contributed by atoms with Gasteiger partial charge >= 0.3 is 0 Å². The maximum Gasteiger partial charge on any atom is 0.269 e. The van der Waals surface area contributed by atoms with E-state index in [1.54, 1.807) is 6.20 Å². The summed E-state index contributed by atoms with van der Waals surface area (Å²) in [5.41, 5.74) is 1.42. The number of rotatable bonds is 7. The predicted octanol–water partition coefficient (Wildman–Crippen LogP) is 3.28. The summed E-state index contributed by atoms with van der Waals surface area (Å²) in [5, 5.41) is 13.5. The fraction of sp³-hybridized carbons (Fsp3) is 0.158. The van der Waals surface area contributed by atoms with Gasteiger partial charge in [-0.15, -0.1) is 0 Å². The second kappa shape index (κ2) is 8.06. The number of carbonyl (C=O) groups excluding carboxylic acids is 1. The van der Waals surface area contributed by atoms with Crippen LogP contribution >= 0.6 is 0 Å². The van der Waals surface area contributed by atoms with Crippen LogP contribution in [0.25, 0.3) is 11.4 Å². The van der Waals surface area contributed by atoms with E-state index < -0.39 is 4.92 Å². The lowest BCUT2D eigenvalue weighted by molar-refractivity contribution is -0.384. The quantitative estimate of drug-likeness (QED) is 0.402. The minimum Gasteiger partial charge on any atom is -0.352 e. The largest absolute Gasteiger partial charge is 0.352 e. The Morgan fingerprint density at radius 1 is 1.12 bits per heavy atom. The molecular weight excluding hydrogens is 332 g/mol. The van der Waals surface area contributed by atoms with Gasteiger partial charge in [0, 0.05) is 48.7 Å². The van der Waals surface area contributed by atoms with Gasteiger partial charge in [0.1, 0.15) is 5.82 Å². The molecule has 3 aromatic rings. The maximum atomic E-state index is 12.1. The molecule has 7 heteroatoms. The Balaban J connectivity index is 1.51. The first kappa shape index (κ1) is 17.3. The zero-order chi connectivity index (χ0) is 18.4. The molecular formula is C19H18N4O3. The van der Waals surface area contributed by atoms with Gasteiger partial charge in [-0.1, -0.05) is 30.3 Å². The van der Waals surface area contributed by atoms with Crippen molar-refractivity contribution in [3.63, 3.8) is 0 Å². The van der Waals surface area contributed by atoms with Crippen molar-refractivity contribution in [3.8, 4) is 11.4 Å². The molecule has 0 radical (unpaired) electrons. The Morgan fingerprint density at radius 3 is 2.54 bits per heavy atom. The predicted molar refractivity (Wildman–Crippen MR) is 97.7 cm³/mol. The highest BCUT2D eigenvalue weighted by atomic mass is 16.6. The number of hydrogen-bond donors (Lipinski definition) is 1. The van der Waals surface area contributed by atoms with E-state index in [0.717, 1.165) is 24.4 Å². The molecule has 0 atom stereocenters. The van der Waals surface area contributed by atoms with Crippen molar-refractivity contribution >= 4 is 11.6 Å². The summed E-state index contributed by atoms with van der Waals surface area (Å²) in [6.45, 7) is 1.23. The molecule has 132 valence electrons. The van der Waals surface area contributed by atoms with E-state index in [2.05, 4.69) is 10.3 Å². The summed E-state index contributed by atoms with van der Waals surface area (Å²) in [7, 11) is 0. The number of carbonyl (C=O) groups is 1. The number of nitro groups is 1. The topological polar surface area (TPSA) is 90.1 Å². The Hall–Kier alpha value is -3.48.